The molecule has 0 saturated carbocycles. The molecule has 2 N–H and O–H groups in total. The second kappa shape index (κ2) is 9.30. The molecule has 0 bridgehead atoms. The molecule has 1 amide bonds. The van der Waals surface area contributed by atoms with Crippen molar-refractivity contribution in [1.29, 1.82) is 0 Å². The van der Waals surface area contributed by atoms with E-state index < -0.39 is 0 Å². The maximum Gasteiger partial charge on any atom is 0.275 e. The molecule has 2 aromatic rings. The maximum atomic E-state index is 12.2. The number of quaternary nitrogens is 1. The van der Waals surface area contributed by atoms with Gasteiger partial charge in [0.15, 0.2) is 18.0 Å². The van der Waals surface area contributed by atoms with Gasteiger partial charge in [-0.3, -0.25) is 4.79 Å². The summed E-state index contributed by atoms with van der Waals surface area (Å²) >= 11 is 6.10. The predicted octanol–water partition coefficient (Wildman–Crippen LogP) is 1.69. The Labute approximate surface area is 153 Å². The van der Waals surface area contributed by atoms with Crippen LogP contribution in [0.3, 0.4) is 0 Å². The Morgan fingerprint density at radius 1 is 1.08 bits per heavy atom. The van der Waals surface area contributed by atoms with Gasteiger partial charge in [-0.15, -0.1) is 0 Å². The van der Waals surface area contributed by atoms with Gasteiger partial charge >= 0.3 is 0 Å². The molecule has 5 nitrogen and oxygen atoms in total. The third kappa shape index (κ3) is 5.37. The molecule has 2 rings (SSSR count). The SMILES string of the molecule is COc1cccc(C[NH+](C)CC(=O)NCc2ccccc2Cl)c1OC. The highest BCUT2D eigenvalue weighted by Crippen LogP contribution is 2.29. The number of carbonyl (C=O) groups excluding carboxylic acids is 1. The Balaban J connectivity index is 1.91. The summed E-state index contributed by atoms with van der Waals surface area (Å²) in [6.07, 6.45) is 0. The van der Waals surface area contributed by atoms with Crippen LogP contribution in [0.1, 0.15) is 11.1 Å². The summed E-state index contributed by atoms with van der Waals surface area (Å²) in [5.41, 5.74) is 1.91. The van der Waals surface area contributed by atoms with Crippen molar-refractivity contribution in [1.82, 2.24) is 5.32 Å². The third-order valence-electron chi connectivity index (χ3n) is 3.87. The normalized spacial score (nSPS) is 11.7. The molecule has 2 aromatic carbocycles. The van der Waals surface area contributed by atoms with Crippen molar-refractivity contribution in [3.8, 4) is 11.5 Å². The van der Waals surface area contributed by atoms with Crippen molar-refractivity contribution < 1.29 is 19.2 Å². The first kappa shape index (κ1) is 19.1. The third-order valence-corrected chi connectivity index (χ3v) is 4.24. The molecule has 134 valence electrons. The molecule has 0 aliphatic carbocycles. The molecule has 0 heterocycles. The molecule has 0 aromatic heterocycles. The van der Waals surface area contributed by atoms with E-state index in [9.17, 15) is 4.79 Å². The minimum absolute atomic E-state index is 0.0284. The van der Waals surface area contributed by atoms with Gasteiger partial charge in [-0.25, -0.2) is 0 Å². The van der Waals surface area contributed by atoms with Crippen LogP contribution in [0, 0.1) is 0 Å². The topological polar surface area (TPSA) is 52.0 Å². The Morgan fingerprint density at radius 3 is 2.48 bits per heavy atom. The lowest BCUT2D eigenvalue weighted by Crippen LogP contribution is -3.08. The molecule has 1 unspecified atom stereocenters. The summed E-state index contributed by atoms with van der Waals surface area (Å²) < 4.78 is 10.8. The summed E-state index contributed by atoms with van der Waals surface area (Å²) in [5, 5.41) is 3.56. The largest absolute Gasteiger partial charge is 0.493 e. The van der Waals surface area contributed by atoms with Crippen LogP contribution in [0.15, 0.2) is 42.5 Å². The summed E-state index contributed by atoms with van der Waals surface area (Å²) in [5.74, 6) is 1.37. The lowest BCUT2D eigenvalue weighted by Gasteiger charge is -2.17. The van der Waals surface area contributed by atoms with Gasteiger partial charge in [0.1, 0.15) is 6.54 Å². The number of para-hydroxylation sites is 1. The molecule has 0 spiro atoms. The second-order valence-electron chi connectivity index (χ2n) is 5.83. The maximum absolute atomic E-state index is 12.2. The monoisotopic (exact) mass is 363 g/mol. The van der Waals surface area contributed by atoms with Crippen molar-refractivity contribution in [3.63, 3.8) is 0 Å². The van der Waals surface area contributed by atoms with E-state index in [0.29, 0.717) is 36.2 Å². The number of rotatable bonds is 8. The molecule has 0 aliphatic rings. The van der Waals surface area contributed by atoms with Crippen molar-refractivity contribution in [2.75, 3.05) is 27.8 Å². The standard InChI is InChI=1S/C19H23ClN2O3/c1-22(12-15-8-6-10-17(24-2)19(15)25-3)13-18(23)21-11-14-7-4-5-9-16(14)20/h4-10H,11-13H2,1-3H3,(H,21,23)/p+1. The first-order valence-electron chi connectivity index (χ1n) is 8.06. The Kier molecular flexibility index (Phi) is 7.10. The molecule has 0 radical (unpaired) electrons. The quantitative estimate of drug-likeness (QED) is 0.750. The molecule has 0 fully saturated rings. The fraction of sp³-hybridized carbons (Fsp3) is 0.316. The van der Waals surface area contributed by atoms with Gasteiger partial charge in [0.2, 0.25) is 0 Å². The highest BCUT2D eigenvalue weighted by atomic mass is 35.5. The van der Waals surface area contributed by atoms with Gasteiger partial charge < -0.3 is 19.7 Å². The second-order valence-corrected chi connectivity index (χ2v) is 6.24. The summed E-state index contributed by atoms with van der Waals surface area (Å²) in [6, 6.07) is 13.2. The van der Waals surface area contributed by atoms with Gasteiger partial charge in [0.25, 0.3) is 5.91 Å². The van der Waals surface area contributed by atoms with Crippen LogP contribution in [0.2, 0.25) is 5.02 Å². The van der Waals surface area contributed by atoms with E-state index in [1.807, 2.05) is 49.5 Å². The average molecular weight is 364 g/mol. The zero-order valence-corrected chi connectivity index (χ0v) is 15.5. The van der Waals surface area contributed by atoms with Crippen LogP contribution in [0.25, 0.3) is 0 Å². The number of hydrogen-bond donors (Lipinski definition) is 2. The Morgan fingerprint density at radius 2 is 1.80 bits per heavy atom. The van der Waals surface area contributed by atoms with Gasteiger partial charge in [0, 0.05) is 11.6 Å². The zero-order chi connectivity index (χ0) is 18.2. The van der Waals surface area contributed by atoms with Gasteiger partial charge in [-0.05, 0) is 23.8 Å². The highest BCUT2D eigenvalue weighted by molar-refractivity contribution is 6.31. The van der Waals surface area contributed by atoms with E-state index >= 15 is 0 Å². The van der Waals surface area contributed by atoms with Crippen molar-refractivity contribution in [3.05, 3.63) is 58.6 Å². The van der Waals surface area contributed by atoms with E-state index in [-0.39, 0.29) is 5.91 Å². The van der Waals surface area contributed by atoms with Crippen LogP contribution in [-0.4, -0.2) is 33.7 Å². The number of amides is 1. The van der Waals surface area contributed by atoms with Crippen molar-refractivity contribution in [2.45, 2.75) is 13.1 Å². The van der Waals surface area contributed by atoms with Gasteiger partial charge in [-0.2, -0.15) is 0 Å². The van der Waals surface area contributed by atoms with E-state index in [4.69, 9.17) is 21.1 Å². The Hall–Kier alpha value is -2.24. The predicted molar refractivity (Wildman–Crippen MR) is 98.3 cm³/mol. The zero-order valence-electron chi connectivity index (χ0n) is 14.8. The van der Waals surface area contributed by atoms with Crippen LogP contribution in [0.5, 0.6) is 11.5 Å². The average Bonchev–Trinajstić information content (AvgIpc) is 2.60. The first-order valence-corrected chi connectivity index (χ1v) is 8.44. The first-order chi connectivity index (χ1) is 12.0. The van der Waals surface area contributed by atoms with Crippen molar-refractivity contribution in [2.24, 2.45) is 0 Å². The molecular formula is C19H24ClN2O3+. The highest BCUT2D eigenvalue weighted by Gasteiger charge is 2.16. The molecule has 0 aliphatic heterocycles. The number of methoxy groups -OCH3 is 2. The smallest absolute Gasteiger partial charge is 0.275 e. The number of ether oxygens (including phenoxy) is 2. The van der Waals surface area contributed by atoms with Gasteiger partial charge in [0.05, 0.1) is 26.8 Å². The molecule has 0 saturated heterocycles. The lowest BCUT2D eigenvalue weighted by atomic mass is 10.1. The van der Waals surface area contributed by atoms with Crippen LogP contribution < -0.4 is 19.7 Å². The number of benzene rings is 2. The van der Waals surface area contributed by atoms with Gasteiger partial charge in [-0.1, -0.05) is 35.9 Å². The minimum atomic E-state index is -0.0284. The minimum Gasteiger partial charge on any atom is -0.493 e. The molecule has 6 heteroatoms. The van der Waals surface area contributed by atoms with E-state index in [1.165, 1.54) is 0 Å². The van der Waals surface area contributed by atoms with Crippen LogP contribution in [-0.2, 0) is 17.9 Å². The van der Waals surface area contributed by atoms with Crippen LogP contribution in [0.4, 0.5) is 0 Å². The van der Waals surface area contributed by atoms with E-state index in [0.717, 1.165) is 16.0 Å². The van der Waals surface area contributed by atoms with E-state index in [1.54, 1.807) is 14.2 Å². The summed E-state index contributed by atoms with van der Waals surface area (Å²) in [7, 11) is 5.20. The molecule has 1 atom stereocenters. The lowest BCUT2D eigenvalue weighted by molar-refractivity contribution is -0.885. The fourth-order valence-corrected chi connectivity index (χ4v) is 2.86. The molecule has 25 heavy (non-hydrogen) atoms. The molecular weight excluding hydrogens is 340 g/mol. The number of carbonyl (C=O) groups is 1. The fourth-order valence-electron chi connectivity index (χ4n) is 2.65. The number of hydrogen-bond acceptors (Lipinski definition) is 3. The summed E-state index contributed by atoms with van der Waals surface area (Å²) in [4.78, 5) is 13.2. The van der Waals surface area contributed by atoms with Crippen LogP contribution >= 0.6 is 11.6 Å². The Bertz CT molecular complexity index is 722. The number of likely N-dealkylation sites (N-methyl/N-ethyl adjacent to an activating group) is 1. The van der Waals surface area contributed by atoms with Crippen molar-refractivity contribution >= 4 is 17.5 Å². The summed E-state index contributed by atoms with van der Waals surface area (Å²) in [6.45, 7) is 1.43. The number of nitrogens with one attached hydrogen (secondary N) is 2. The number of halogens is 1. The van der Waals surface area contributed by atoms with E-state index in [2.05, 4.69) is 5.32 Å².